The van der Waals surface area contributed by atoms with Crippen LogP contribution in [0.4, 0.5) is 5.95 Å². The summed E-state index contributed by atoms with van der Waals surface area (Å²) in [5, 5.41) is 12.2. The van der Waals surface area contributed by atoms with Crippen molar-refractivity contribution >= 4 is 40.5 Å². The van der Waals surface area contributed by atoms with E-state index in [2.05, 4.69) is 10.3 Å². The van der Waals surface area contributed by atoms with Crippen molar-refractivity contribution in [2.24, 2.45) is 0 Å². The third kappa shape index (κ3) is 3.17. The number of carboxylic acids is 1. The maximum absolute atomic E-state index is 12.3. The van der Waals surface area contributed by atoms with Gasteiger partial charge < -0.3 is 5.11 Å². The summed E-state index contributed by atoms with van der Waals surface area (Å²) in [6.07, 6.45) is 0. The number of hydrogen-bond donors (Lipinski definition) is 2. The van der Waals surface area contributed by atoms with Gasteiger partial charge in [0, 0.05) is 10.6 Å². The minimum absolute atomic E-state index is 0.188. The summed E-state index contributed by atoms with van der Waals surface area (Å²) >= 11 is 5.80. The maximum atomic E-state index is 12.3. The Kier molecular flexibility index (Phi) is 3.99. The van der Waals surface area contributed by atoms with Crippen LogP contribution >= 0.6 is 11.6 Å². The molecular weight excluding hydrogens is 318 g/mol. The number of hydrogen-bond acceptors (Lipinski definition) is 3. The standard InChI is InChI=1S/C16H12ClN3O3/c17-11-7-5-10(6-8-11)15(23)19-16-18-12-3-1-2-4-13(12)20(16)9-14(21)22/h1-8H,9H2,(H,21,22)(H,18,19,23). The van der Waals surface area contributed by atoms with Crippen LogP contribution in [0.2, 0.25) is 5.02 Å². The molecule has 0 saturated heterocycles. The number of carboxylic acid groups (broad SMARTS) is 1. The van der Waals surface area contributed by atoms with Crippen molar-refractivity contribution in [3.05, 3.63) is 59.1 Å². The molecule has 0 aliphatic heterocycles. The first-order valence-corrected chi connectivity index (χ1v) is 7.16. The van der Waals surface area contributed by atoms with E-state index in [4.69, 9.17) is 16.7 Å². The van der Waals surface area contributed by atoms with Crippen LogP contribution in [0.15, 0.2) is 48.5 Å². The van der Waals surface area contributed by atoms with Gasteiger partial charge in [0.1, 0.15) is 6.54 Å². The van der Waals surface area contributed by atoms with Crippen molar-refractivity contribution in [3.8, 4) is 0 Å². The molecule has 0 atom stereocenters. The molecule has 23 heavy (non-hydrogen) atoms. The van der Waals surface area contributed by atoms with Gasteiger partial charge in [-0.3, -0.25) is 19.5 Å². The first-order chi connectivity index (χ1) is 11.0. The van der Waals surface area contributed by atoms with E-state index in [0.717, 1.165) is 0 Å². The minimum Gasteiger partial charge on any atom is -0.480 e. The molecule has 1 aromatic heterocycles. The monoisotopic (exact) mass is 329 g/mol. The van der Waals surface area contributed by atoms with Gasteiger partial charge in [-0.25, -0.2) is 4.98 Å². The number of rotatable bonds is 4. The predicted octanol–water partition coefficient (Wildman–Crippen LogP) is 3.03. The van der Waals surface area contributed by atoms with Crippen molar-refractivity contribution in [1.29, 1.82) is 0 Å². The van der Waals surface area contributed by atoms with Crippen LogP contribution in [-0.4, -0.2) is 26.5 Å². The molecule has 7 heteroatoms. The zero-order valence-electron chi connectivity index (χ0n) is 11.9. The summed E-state index contributed by atoms with van der Waals surface area (Å²) in [5.41, 5.74) is 1.66. The summed E-state index contributed by atoms with van der Waals surface area (Å²) in [7, 11) is 0. The highest BCUT2D eigenvalue weighted by Gasteiger charge is 2.16. The van der Waals surface area contributed by atoms with Gasteiger partial charge in [0.05, 0.1) is 11.0 Å². The molecule has 0 fully saturated rings. The van der Waals surface area contributed by atoms with Crippen LogP contribution in [0, 0.1) is 0 Å². The zero-order chi connectivity index (χ0) is 16.4. The number of nitrogens with zero attached hydrogens (tertiary/aromatic N) is 2. The third-order valence-corrected chi connectivity index (χ3v) is 3.53. The Hall–Kier alpha value is -2.86. The van der Waals surface area contributed by atoms with Crippen LogP contribution in [0.3, 0.4) is 0 Å². The molecule has 6 nitrogen and oxygen atoms in total. The quantitative estimate of drug-likeness (QED) is 0.770. The van der Waals surface area contributed by atoms with Crippen LogP contribution < -0.4 is 5.32 Å². The number of amides is 1. The summed E-state index contributed by atoms with van der Waals surface area (Å²) in [6, 6.07) is 13.5. The topological polar surface area (TPSA) is 84.2 Å². The molecule has 0 radical (unpaired) electrons. The van der Waals surface area contributed by atoms with Crippen molar-refractivity contribution in [1.82, 2.24) is 9.55 Å². The molecule has 0 bridgehead atoms. The molecular formula is C16H12ClN3O3. The van der Waals surface area contributed by atoms with Gasteiger partial charge >= 0.3 is 5.97 Å². The number of nitrogens with one attached hydrogen (secondary N) is 1. The van der Waals surface area contributed by atoms with Crippen molar-refractivity contribution in [3.63, 3.8) is 0 Å². The molecule has 1 amide bonds. The number of halogens is 1. The SMILES string of the molecule is O=C(O)Cn1c(NC(=O)c2ccc(Cl)cc2)nc2ccccc21. The third-order valence-electron chi connectivity index (χ3n) is 3.28. The van der Waals surface area contributed by atoms with Crippen LogP contribution in [0.1, 0.15) is 10.4 Å². The molecule has 1 heterocycles. The van der Waals surface area contributed by atoms with Gasteiger partial charge in [-0.15, -0.1) is 0 Å². The van der Waals surface area contributed by atoms with Gasteiger partial charge in [-0.1, -0.05) is 23.7 Å². The van der Waals surface area contributed by atoms with Crippen molar-refractivity contribution in [2.75, 3.05) is 5.32 Å². The Morgan fingerprint density at radius 3 is 2.52 bits per heavy atom. The van der Waals surface area contributed by atoms with E-state index in [1.54, 1.807) is 48.5 Å². The normalized spacial score (nSPS) is 10.7. The lowest BCUT2D eigenvalue weighted by atomic mass is 10.2. The number of carbonyl (C=O) groups excluding carboxylic acids is 1. The highest BCUT2D eigenvalue weighted by atomic mass is 35.5. The first-order valence-electron chi connectivity index (χ1n) is 6.78. The molecule has 3 aromatic rings. The molecule has 0 saturated carbocycles. The average molecular weight is 330 g/mol. The summed E-state index contributed by atoms with van der Waals surface area (Å²) < 4.78 is 1.45. The number of benzene rings is 2. The molecule has 0 spiro atoms. The van der Waals surface area contributed by atoms with E-state index in [-0.39, 0.29) is 18.4 Å². The minimum atomic E-state index is -1.02. The highest BCUT2D eigenvalue weighted by Crippen LogP contribution is 2.20. The molecule has 2 aromatic carbocycles. The van der Waals surface area contributed by atoms with E-state index in [1.165, 1.54) is 4.57 Å². The smallest absolute Gasteiger partial charge is 0.323 e. The van der Waals surface area contributed by atoms with Crippen LogP contribution in [-0.2, 0) is 11.3 Å². The fraction of sp³-hybridized carbons (Fsp3) is 0.0625. The number of aromatic nitrogens is 2. The number of fused-ring (bicyclic) bond motifs is 1. The van der Waals surface area contributed by atoms with Crippen LogP contribution in [0.5, 0.6) is 0 Å². The van der Waals surface area contributed by atoms with Gasteiger partial charge in [0.25, 0.3) is 5.91 Å². The highest BCUT2D eigenvalue weighted by molar-refractivity contribution is 6.30. The van der Waals surface area contributed by atoms with Crippen molar-refractivity contribution in [2.45, 2.75) is 6.54 Å². The van der Waals surface area contributed by atoms with Gasteiger partial charge in [-0.05, 0) is 36.4 Å². The average Bonchev–Trinajstić information content (AvgIpc) is 2.85. The zero-order valence-corrected chi connectivity index (χ0v) is 12.6. The molecule has 0 aliphatic carbocycles. The molecule has 2 N–H and O–H groups in total. The van der Waals surface area contributed by atoms with E-state index in [1.807, 2.05) is 0 Å². The Morgan fingerprint density at radius 1 is 1.13 bits per heavy atom. The van der Waals surface area contributed by atoms with Gasteiger partial charge in [0.2, 0.25) is 5.95 Å². The largest absolute Gasteiger partial charge is 0.480 e. The lowest BCUT2D eigenvalue weighted by Crippen LogP contribution is -2.18. The number of para-hydroxylation sites is 2. The summed E-state index contributed by atoms with van der Waals surface area (Å²) in [4.78, 5) is 27.7. The number of aliphatic carboxylic acids is 1. The predicted molar refractivity (Wildman–Crippen MR) is 86.8 cm³/mol. The number of anilines is 1. The fourth-order valence-electron chi connectivity index (χ4n) is 2.24. The molecule has 3 rings (SSSR count). The Labute approximate surface area is 136 Å². The second-order valence-corrected chi connectivity index (χ2v) is 5.30. The summed E-state index contributed by atoms with van der Waals surface area (Å²) in [6.45, 7) is -0.295. The van der Waals surface area contributed by atoms with Gasteiger partial charge in [-0.2, -0.15) is 0 Å². The first kappa shape index (κ1) is 15.1. The molecule has 116 valence electrons. The van der Waals surface area contributed by atoms with E-state index in [0.29, 0.717) is 21.6 Å². The number of carbonyl (C=O) groups is 2. The van der Waals surface area contributed by atoms with E-state index < -0.39 is 5.97 Å². The van der Waals surface area contributed by atoms with E-state index >= 15 is 0 Å². The summed E-state index contributed by atoms with van der Waals surface area (Å²) in [5.74, 6) is -1.22. The Balaban J connectivity index is 1.97. The molecule has 0 aliphatic rings. The molecule has 0 unspecified atom stereocenters. The lowest BCUT2D eigenvalue weighted by Gasteiger charge is -2.08. The van der Waals surface area contributed by atoms with Crippen LogP contribution in [0.25, 0.3) is 11.0 Å². The second kappa shape index (κ2) is 6.10. The number of imidazole rings is 1. The van der Waals surface area contributed by atoms with Crippen molar-refractivity contribution < 1.29 is 14.7 Å². The maximum Gasteiger partial charge on any atom is 0.323 e. The Morgan fingerprint density at radius 2 is 1.83 bits per heavy atom. The Bertz CT molecular complexity index is 887. The fourth-order valence-corrected chi connectivity index (χ4v) is 2.37. The van der Waals surface area contributed by atoms with E-state index in [9.17, 15) is 9.59 Å². The lowest BCUT2D eigenvalue weighted by molar-refractivity contribution is -0.137. The van der Waals surface area contributed by atoms with Gasteiger partial charge in [0.15, 0.2) is 0 Å². The second-order valence-electron chi connectivity index (χ2n) is 4.87.